The minimum atomic E-state index is -0.298. The van der Waals surface area contributed by atoms with Crippen molar-refractivity contribution >= 4 is 40.9 Å². The number of amides is 1. The minimum absolute atomic E-state index is 0.0344. The largest absolute Gasteiger partial charge is 0.493 e. The molecule has 0 spiro atoms. The molecule has 2 rings (SSSR count). The van der Waals surface area contributed by atoms with E-state index >= 15 is 0 Å². The molecule has 0 unspecified atom stereocenters. The molecule has 138 valence electrons. The second kappa shape index (κ2) is 8.97. The lowest BCUT2D eigenvalue weighted by molar-refractivity contribution is -0.111. The maximum atomic E-state index is 12.1. The third-order valence-electron chi connectivity index (χ3n) is 3.41. The topological polar surface area (TPSA) is 47.6 Å². The van der Waals surface area contributed by atoms with Gasteiger partial charge in [0.15, 0.2) is 11.5 Å². The van der Waals surface area contributed by atoms with Crippen molar-refractivity contribution in [1.82, 2.24) is 0 Å². The van der Waals surface area contributed by atoms with Crippen LogP contribution in [-0.4, -0.2) is 19.1 Å². The van der Waals surface area contributed by atoms with Crippen molar-refractivity contribution in [3.8, 4) is 11.5 Å². The summed E-state index contributed by atoms with van der Waals surface area (Å²) in [7, 11) is 1.54. The standard InChI is InChI=1S/C20H21Cl2NO3/c1-12(2)26-20-16(22)10-14(11-18(20)25-4)6-8-19(24)23-17-7-5-13(3)9-15(17)21/h5-12H,1-4H3,(H,23,24)/b8-6+. The Labute approximate surface area is 163 Å². The molecule has 0 bridgehead atoms. The van der Waals surface area contributed by atoms with Crippen LogP contribution in [0.1, 0.15) is 25.0 Å². The average molecular weight is 394 g/mol. The zero-order chi connectivity index (χ0) is 19.3. The van der Waals surface area contributed by atoms with Crippen LogP contribution in [-0.2, 0) is 4.79 Å². The number of carbonyl (C=O) groups is 1. The van der Waals surface area contributed by atoms with Crippen LogP contribution in [0.15, 0.2) is 36.4 Å². The summed E-state index contributed by atoms with van der Waals surface area (Å²) in [4.78, 5) is 12.1. The van der Waals surface area contributed by atoms with E-state index in [-0.39, 0.29) is 12.0 Å². The van der Waals surface area contributed by atoms with Gasteiger partial charge in [-0.05, 0) is 62.2 Å². The molecule has 0 fully saturated rings. The number of hydrogen-bond donors (Lipinski definition) is 1. The lowest BCUT2D eigenvalue weighted by Crippen LogP contribution is -2.08. The van der Waals surface area contributed by atoms with E-state index in [1.165, 1.54) is 6.08 Å². The smallest absolute Gasteiger partial charge is 0.248 e. The highest BCUT2D eigenvalue weighted by molar-refractivity contribution is 6.34. The van der Waals surface area contributed by atoms with Crippen molar-refractivity contribution in [2.75, 3.05) is 12.4 Å². The third-order valence-corrected chi connectivity index (χ3v) is 4.01. The molecular weight excluding hydrogens is 373 g/mol. The van der Waals surface area contributed by atoms with Crippen LogP contribution in [0.2, 0.25) is 10.0 Å². The maximum Gasteiger partial charge on any atom is 0.248 e. The van der Waals surface area contributed by atoms with Crippen molar-refractivity contribution in [1.29, 1.82) is 0 Å². The van der Waals surface area contributed by atoms with E-state index in [4.69, 9.17) is 32.7 Å². The highest BCUT2D eigenvalue weighted by Crippen LogP contribution is 2.37. The Hall–Kier alpha value is -2.17. The fourth-order valence-corrected chi connectivity index (χ4v) is 2.80. The molecule has 1 amide bonds. The summed E-state index contributed by atoms with van der Waals surface area (Å²) in [5, 5.41) is 3.65. The zero-order valence-electron chi connectivity index (χ0n) is 15.1. The molecule has 0 saturated heterocycles. The number of rotatable bonds is 6. The second-order valence-corrected chi connectivity index (χ2v) is 6.82. The molecule has 0 atom stereocenters. The van der Waals surface area contributed by atoms with Gasteiger partial charge in [-0.2, -0.15) is 0 Å². The minimum Gasteiger partial charge on any atom is -0.493 e. The van der Waals surface area contributed by atoms with Gasteiger partial charge in [-0.25, -0.2) is 0 Å². The van der Waals surface area contributed by atoms with Gasteiger partial charge in [0.05, 0.1) is 28.9 Å². The molecule has 0 aromatic heterocycles. The quantitative estimate of drug-likeness (QED) is 0.635. The fourth-order valence-electron chi connectivity index (χ4n) is 2.25. The first kappa shape index (κ1) is 20.1. The Balaban J connectivity index is 2.16. The van der Waals surface area contributed by atoms with Crippen LogP contribution in [0.5, 0.6) is 11.5 Å². The number of halogens is 2. The number of aryl methyl sites for hydroxylation is 1. The lowest BCUT2D eigenvalue weighted by Gasteiger charge is -2.15. The van der Waals surface area contributed by atoms with Crippen LogP contribution in [0.25, 0.3) is 6.08 Å². The molecule has 0 aliphatic heterocycles. The van der Waals surface area contributed by atoms with Gasteiger partial charge in [0.2, 0.25) is 5.91 Å². The van der Waals surface area contributed by atoms with Crippen LogP contribution in [0.4, 0.5) is 5.69 Å². The Bertz CT molecular complexity index is 832. The average Bonchev–Trinajstić information content (AvgIpc) is 2.57. The van der Waals surface area contributed by atoms with Crippen LogP contribution in [0, 0.1) is 6.92 Å². The van der Waals surface area contributed by atoms with Gasteiger partial charge in [0, 0.05) is 6.08 Å². The highest BCUT2D eigenvalue weighted by atomic mass is 35.5. The molecule has 0 heterocycles. The number of anilines is 1. The summed E-state index contributed by atoms with van der Waals surface area (Å²) in [5.74, 6) is 0.693. The number of hydrogen-bond acceptors (Lipinski definition) is 3. The first-order valence-corrected chi connectivity index (χ1v) is 8.85. The van der Waals surface area contributed by atoms with E-state index in [0.717, 1.165) is 5.56 Å². The lowest BCUT2D eigenvalue weighted by atomic mass is 10.1. The van der Waals surface area contributed by atoms with Crippen molar-refractivity contribution < 1.29 is 14.3 Å². The molecule has 2 aromatic carbocycles. The van der Waals surface area contributed by atoms with Gasteiger partial charge in [0.25, 0.3) is 0 Å². The number of carbonyl (C=O) groups excluding carboxylic acids is 1. The predicted molar refractivity (Wildman–Crippen MR) is 108 cm³/mol. The summed E-state index contributed by atoms with van der Waals surface area (Å²) in [6, 6.07) is 8.90. The maximum absolute atomic E-state index is 12.1. The Morgan fingerprint density at radius 1 is 1.15 bits per heavy atom. The van der Waals surface area contributed by atoms with E-state index in [0.29, 0.717) is 32.8 Å². The second-order valence-electron chi connectivity index (χ2n) is 6.01. The number of benzene rings is 2. The highest BCUT2D eigenvalue weighted by Gasteiger charge is 2.13. The zero-order valence-corrected chi connectivity index (χ0v) is 16.6. The summed E-state index contributed by atoms with van der Waals surface area (Å²) in [6.45, 7) is 5.75. The van der Waals surface area contributed by atoms with Crippen LogP contribution >= 0.6 is 23.2 Å². The molecular formula is C20H21Cl2NO3. The molecule has 4 nitrogen and oxygen atoms in total. The first-order valence-electron chi connectivity index (χ1n) is 8.09. The molecule has 0 aliphatic rings. The molecule has 0 radical (unpaired) electrons. The van der Waals surface area contributed by atoms with E-state index in [1.807, 2.05) is 26.8 Å². The van der Waals surface area contributed by atoms with Gasteiger partial charge >= 0.3 is 0 Å². The van der Waals surface area contributed by atoms with Gasteiger partial charge in [-0.3, -0.25) is 4.79 Å². The molecule has 26 heavy (non-hydrogen) atoms. The normalized spacial score (nSPS) is 11.0. The van der Waals surface area contributed by atoms with Crippen molar-refractivity contribution in [2.24, 2.45) is 0 Å². The summed E-state index contributed by atoms with van der Waals surface area (Å²) < 4.78 is 11.0. The van der Waals surface area contributed by atoms with E-state index < -0.39 is 0 Å². The predicted octanol–water partition coefficient (Wildman–Crippen LogP) is 5.75. The fraction of sp³-hybridized carbons (Fsp3) is 0.250. The molecule has 1 N–H and O–H groups in total. The first-order chi connectivity index (χ1) is 12.3. The van der Waals surface area contributed by atoms with Gasteiger partial charge in [-0.1, -0.05) is 29.3 Å². The Morgan fingerprint density at radius 3 is 2.50 bits per heavy atom. The summed E-state index contributed by atoms with van der Waals surface area (Å²) in [5.41, 5.74) is 2.30. The number of nitrogens with one attached hydrogen (secondary N) is 1. The number of methoxy groups -OCH3 is 1. The third kappa shape index (κ3) is 5.41. The van der Waals surface area contributed by atoms with Gasteiger partial charge < -0.3 is 14.8 Å². The monoisotopic (exact) mass is 393 g/mol. The van der Waals surface area contributed by atoms with Crippen molar-refractivity contribution in [3.63, 3.8) is 0 Å². The Kier molecular flexibility index (Phi) is 6.95. The molecule has 6 heteroatoms. The van der Waals surface area contributed by atoms with Gasteiger partial charge in [0.1, 0.15) is 0 Å². The molecule has 0 saturated carbocycles. The molecule has 2 aromatic rings. The van der Waals surface area contributed by atoms with Crippen LogP contribution in [0.3, 0.4) is 0 Å². The Morgan fingerprint density at radius 2 is 1.88 bits per heavy atom. The number of ether oxygens (including phenoxy) is 2. The molecule has 0 aliphatic carbocycles. The van der Waals surface area contributed by atoms with Crippen molar-refractivity contribution in [2.45, 2.75) is 26.9 Å². The SMILES string of the molecule is COc1cc(/C=C/C(=O)Nc2ccc(C)cc2Cl)cc(Cl)c1OC(C)C. The van der Waals surface area contributed by atoms with E-state index in [2.05, 4.69) is 5.32 Å². The van der Waals surface area contributed by atoms with Crippen LogP contribution < -0.4 is 14.8 Å². The van der Waals surface area contributed by atoms with Crippen molar-refractivity contribution in [3.05, 3.63) is 57.6 Å². The van der Waals surface area contributed by atoms with Gasteiger partial charge in [-0.15, -0.1) is 0 Å². The van der Waals surface area contributed by atoms with E-state index in [9.17, 15) is 4.79 Å². The van der Waals surface area contributed by atoms with E-state index in [1.54, 1.807) is 37.5 Å². The summed E-state index contributed by atoms with van der Waals surface area (Å²) in [6.07, 6.45) is 3.02. The summed E-state index contributed by atoms with van der Waals surface area (Å²) >= 11 is 12.4.